The minimum absolute atomic E-state index is 0.384. The predicted octanol–water partition coefficient (Wildman–Crippen LogP) is 4.05. The van der Waals surface area contributed by atoms with E-state index in [9.17, 15) is 0 Å². The highest BCUT2D eigenvalue weighted by atomic mass is 35.5. The van der Waals surface area contributed by atoms with Crippen LogP contribution in [0.3, 0.4) is 0 Å². The Kier molecular flexibility index (Phi) is 2.33. The molecule has 0 aromatic heterocycles. The van der Waals surface area contributed by atoms with E-state index in [1.807, 2.05) is 12.1 Å². The number of halogens is 1. The summed E-state index contributed by atoms with van der Waals surface area (Å²) in [4.78, 5) is 0. The minimum atomic E-state index is 0.384. The molecule has 1 atom stereocenters. The molecule has 1 nitrogen and oxygen atoms in total. The van der Waals surface area contributed by atoms with Crippen molar-refractivity contribution in [1.82, 2.24) is 0 Å². The summed E-state index contributed by atoms with van der Waals surface area (Å²) < 4.78 is 0. The van der Waals surface area contributed by atoms with Gasteiger partial charge >= 0.3 is 0 Å². The first-order valence-corrected chi connectivity index (χ1v) is 5.80. The van der Waals surface area contributed by atoms with Crippen molar-refractivity contribution in [3.63, 3.8) is 0 Å². The SMILES string of the molecule is Clc1ccc(C2Cc3ccccc3N2)cc1. The first kappa shape index (κ1) is 9.73. The lowest BCUT2D eigenvalue weighted by molar-refractivity contribution is 0.824. The van der Waals surface area contributed by atoms with Crippen LogP contribution in [-0.4, -0.2) is 0 Å². The topological polar surface area (TPSA) is 12.0 Å². The van der Waals surface area contributed by atoms with Crippen LogP contribution < -0.4 is 5.32 Å². The van der Waals surface area contributed by atoms with Gasteiger partial charge < -0.3 is 5.32 Å². The Bertz CT molecular complexity index is 479. The van der Waals surface area contributed by atoms with Crippen molar-refractivity contribution in [2.24, 2.45) is 0 Å². The van der Waals surface area contributed by atoms with Gasteiger partial charge in [-0.1, -0.05) is 41.9 Å². The molecule has 0 bridgehead atoms. The van der Waals surface area contributed by atoms with Crippen LogP contribution in [0.4, 0.5) is 5.69 Å². The number of anilines is 1. The summed E-state index contributed by atoms with van der Waals surface area (Å²) in [5, 5.41) is 4.32. The summed E-state index contributed by atoms with van der Waals surface area (Å²) in [6, 6.07) is 16.9. The maximum Gasteiger partial charge on any atom is 0.0555 e. The number of hydrogen-bond acceptors (Lipinski definition) is 1. The summed E-state index contributed by atoms with van der Waals surface area (Å²) in [6.07, 6.45) is 1.05. The highest BCUT2D eigenvalue weighted by molar-refractivity contribution is 6.30. The van der Waals surface area contributed by atoms with Crippen LogP contribution in [0, 0.1) is 0 Å². The van der Waals surface area contributed by atoms with E-state index in [-0.39, 0.29) is 0 Å². The van der Waals surface area contributed by atoms with Crippen molar-refractivity contribution >= 4 is 17.3 Å². The van der Waals surface area contributed by atoms with E-state index in [1.165, 1.54) is 16.8 Å². The van der Waals surface area contributed by atoms with Gasteiger partial charge in [0.05, 0.1) is 6.04 Å². The molecule has 16 heavy (non-hydrogen) atoms. The monoisotopic (exact) mass is 229 g/mol. The second-order valence-electron chi connectivity index (χ2n) is 4.11. The molecule has 1 N–H and O–H groups in total. The van der Waals surface area contributed by atoms with Crippen LogP contribution in [0.1, 0.15) is 17.2 Å². The van der Waals surface area contributed by atoms with Gasteiger partial charge in [-0.15, -0.1) is 0 Å². The molecule has 2 aromatic rings. The molecule has 0 radical (unpaired) electrons. The van der Waals surface area contributed by atoms with Gasteiger partial charge in [-0.05, 0) is 35.7 Å². The van der Waals surface area contributed by atoms with Crippen LogP contribution in [0.2, 0.25) is 5.02 Å². The zero-order chi connectivity index (χ0) is 11.0. The maximum absolute atomic E-state index is 5.89. The standard InChI is InChI=1S/C14H12ClN/c15-12-7-5-10(6-8-12)14-9-11-3-1-2-4-13(11)16-14/h1-8,14,16H,9H2. The van der Waals surface area contributed by atoms with Crippen LogP contribution in [0.5, 0.6) is 0 Å². The molecule has 2 heteroatoms. The fourth-order valence-corrected chi connectivity index (χ4v) is 2.32. The third-order valence-electron chi connectivity index (χ3n) is 3.04. The molecule has 2 aromatic carbocycles. The summed E-state index contributed by atoms with van der Waals surface area (Å²) >= 11 is 5.89. The van der Waals surface area contributed by atoms with Crippen molar-refractivity contribution in [3.05, 3.63) is 64.7 Å². The Labute approximate surface area is 100 Å². The normalized spacial score (nSPS) is 17.9. The first-order chi connectivity index (χ1) is 7.83. The van der Waals surface area contributed by atoms with E-state index in [1.54, 1.807) is 0 Å². The molecule has 0 saturated carbocycles. The molecule has 1 unspecified atom stereocenters. The minimum Gasteiger partial charge on any atom is -0.378 e. The molecule has 1 aliphatic rings. The molecule has 1 heterocycles. The lowest BCUT2D eigenvalue weighted by Gasteiger charge is -2.11. The van der Waals surface area contributed by atoms with Crippen LogP contribution in [0.25, 0.3) is 0 Å². The van der Waals surface area contributed by atoms with Gasteiger partial charge in [-0.25, -0.2) is 0 Å². The van der Waals surface area contributed by atoms with Crippen molar-refractivity contribution < 1.29 is 0 Å². The fourth-order valence-electron chi connectivity index (χ4n) is 2.19. The Hall–Kier alpha value is -1.47. The number of fused-ring (bicyclic) bond motifs is 1. The number of hydrogen-bond donors (Lipinski definition) is 1. The second-order valence-corrected chi connectivity index (χ2v) is 4.55. The molecule has 0 spiro atoms. The van der Waals surface area contributed by atoms with E-state index in [0.717, 1.165) is 11.4 Å². The van der Waals surface area contributed by atoms with E-state index in [0.29, 0.717) is 6.04 Å². The van der Waals surface area contributed by atoms with Crippen molar-refractivity contribution in [1.29, 1.82) is 0 Å². The van der Waals surface area contributed by atoms with E-state index >= 15 is 0 Å². The quantitative estimate of drug-likeness (QED) is 0.778. The average Bonchev–Trinajstić information content (AvgIpc) is 2.73. The van der Waals surface area contributed by atoms with E-state index < -0.39 is 0 Å². The lowest BCUT2D eigenvalue weighted by Crippen LogP contribution is -2.04. The Morgan fingerprint density at radius 3 is 2.50 bits per heavy atom. The molecular formula is C14H12ClN. The zero-order valence-electron chi connectivity index (χ0n) is 8.78. The highest BCUT2D eigenvalue weighted by Gasteiger charge is 2.20. The van der Waals surface area contributed by atoms with Gasteiger partial charge in [0.15, 0.2) is 0 Å². The van der Waals surface area contributed by atoms with Gasteiger partial charge in [-0.2, -0.15) is 0 Å². The molecule has 80 valence electrons. The third kappa shape index (κ3) is 1.68. The summed E-state index contributed by atoms with van der Waals surface area (Å²) in [7, 11) is 0. The number of para-hydroxylation sites is 1. The van der Waals surface area contributed by atoms with Gasteiger partial charge in [0, 0.05) is 10.7 Å². The van der Waals surface area contributed by atoms with Crippen molar-refractivity contribution in [2.75, 3.05) is 5.32 Å². The average molecular weight is 230 g/mol. The van der Waals surface area contributed by atoms with E-state index in [4.69, 9.17) is 11.6 Å². The maximum atomic E-state index is 5.89. The Balaban J connectivity index is 1.88. The lowest BCUT2D eigenvalue weighted by atomic mass is 10.0. The van der Waals surface area contributed by atoms with Gasteiger partial charge in [0.25, 0.3) is 0 Å². The number of nitrogens with one attached hydrogen (secondary N) is 1. The van der Waals surface area contributed by atoms with Crippen molar-refractivity contribution in [3.8, 4) is 0 Å². The van der Waals surface area contributed by atoms with Gasteiger partial charge in [-0.3, -0.25) is 0 Å². The second kappa shape index (κ2) is 3.84. The van der Waals surface area contributed by atoms with Crippen molar-refractivity contribution in [2.45, 2.75) is 12.5 Å². The zero-order valence-corrected chi connectivity index (χ0v) is 9.54. The predicted molar refractivity (Wildman–Crippen MR) is 68.0 cm³/mol. The molecule has 3 rings (SSSR count). The molecular weight excluding hydrogens is 218 g/mol. The van der Waals surface area contributed by atoms with E-state index in [2.05, 4.69) is 41.7 Å². The van der Waals surface area contributed by atoms with Gasteiger partial charge in [0.1, 0.15) is 0 Å². The summed E-state index contributed by atoms with van der Waals surface area (Å²) in [6.45, 7) is 0. The summed E-state index contributed by atoms with van der Waals surface area (Å²) in [5.74, 6) is 0. The summed E-state index contributed by atoms with van der Waals surface area (Å²) in [5.41, 5.74) is 3.94. The third-order valence-corrected chi connectivity index (χ3v) is 3.30. The fraction of sp³-hybridized carbons (Fsp3) is 0.143. The molecule has 0 fully saturated rings. The molecule has 0 amide bonds. The van der Waals surface area contributed by atoms with Crippen LogP contribution in [0.15, 0.2) is 48.5 Å². The number of rotatable bonds is 1. The van der Waals surface area contributed by atoms with Crippen LogP contribution >= 0.6 is 11.6 Å². The Morgan fingerprint density at radius 1 is 1.00 bits per heavy atom. The highest BCUT2D eigenvalue weighted by Crippen LogP contribution is 2.33. The van der Waals surface area contributed by atoms with Gasteiger partial charge in [0.2, 0.25) is 0 Å². The molecule has 1 aliphatic heterocycles. The Morgan fingerprint density at radius 2 is 1.75 bits per heavy atom. The first-order valence-electron chi connectivity index (χ1n) is 5.43. The largest absolute Gasteiger partial charge is 0.378 e. The molecule has 0 saturated heterocycles. The number of benzene rings is 2. The smallest absolute Gasteiger partial charge is 0.0555 e. The molecule has 0 aliphatic carbocycles. The van der Waals surface area contributed by atoms with Crippen LogP contribution in [-0.2, 0) is 6.42 Å².